The molecule has 0 saturated carbocycles. The maximum Gasteiger partial charge on any atom is 0.126 e. The van der Waals surface area contributed by atoms with Crippen molar-refractivity contribution < 1.29 is 4.74 Å². The van der Waals surface area contributed by atoms with E-state index in [0.717, 1.165) is 31.7 Å². The summed E-state index contributed by atoms with van der Waals surface area (Å²) >= 11 is 0. The lowest BCUT2D eigenvalue weighted by molar-refractivity contribution is 0.313. The summed E-state index contributed by atoms with van der Waals surface area (Å²) in [6.07, 6.45) is 2.22. The van der Waals surface area contributed by atoms with Crippen molar-refractivity contribution in [2.24, 2.45) is 0 Å². The molecule has 3 rings (SSSR count). The van der Waals surface area contributed by atoms with Gasteiger partial charge in [0.2, 0.25) is 0 Å². The lowest BCUT2D eigenvalue weighted by Crippen LogP contribution is -2.20. The fourth-order valence-corrected chi connectivity index (χ4v) is 3.04. The molecular formula is C19H23NO. The number of aryl methyl sites for hydroxylation is 2. The first kappa shape index (κ1) is 14.2. The summed E-state index contributed by atoms with van der Waals surface area (Å²) in [6, 6.07) is 15.5. The van der Waals surface area contributed by atoms with Crippen LogP contribution in [-0.2, 0) is 6.54 Å². The molecule has 1 heterocycles. The second-order valence-electron chi connectivity index (χ2n) is 5.91. The molecule has 0 saturated heterocycles. The minimum absolute atomic E-state index is 0.378. The highest BCUT2D eigenvalue weighted by Crippen LogP contribution is 2.34. The first-order valence-electron chi connectivity index (χ1n) is 7.75. The Balaban J connectivity index is 1.78. The van der Waals surface area contributed by atoms with E-state index in [0.29, 0.717) is 6.04 Å². The first-order valence-corrected chi connectivity index (χ1v) is 7.75. The molecule has 2 nitrogen and oxygen atoms in total. The van der Waals surface area contributed by atoms with Crippen molar-refractivity contribution in [3.05, 3.63) is 64.7 Å². The van der Waals surface area contributed by atoms with Crippen molar-refractivity contribution in [1.82, 2.24) is 5.32 Å². The summed E-state index contributed by atoms with van der Waals surface area (Å²) in [4.78, 5) is 0. The Kier molecular flexibility index (Phi) is 4.26. The summed E-state index contributed by atoms with van der Waals surface area (Å²) in [5.74, 6) is 1.08. The van der Waals surface area contributed by atoms with Gasteiger partial charge in [-0.3, -0.25) is 0 Å². The highest BCUT2D eigenvalue weighted by molar-refractivity contribution is 5.43. The van der Waals surface area contributed by atoms with E-state index in [9.17, 15) is 0 Å². The van der Waals surface area contributed by atoms with Crippen LogP contribution in [0.1, 0.15) is 41.1 Å². The van der Waals surface area contributed by atoms with Crippen molar-refractivity contribution >= 4 is 0 Å². The fourth-order valence-electron chi connectivity index (χ4n) is 3.04. The molecule has 2 heteroatoms. The maximum absolute atomic E-state index is 5.94. The summed E-state index contributed by atoms with van der Waals surface area (Å²) < 4.78 is 5.94. The summed E-state index contributed by atoms with van der Waals surface area (Å²) in [5, 5.41) is 3.71. The van der Waals surface area contributed by atoms with Gasteiger partial charge in [-0.1, -0.05) is 48.0 Å². The smallest absolute Gasteiger partial charge is 0.126 e. The monoisotopic (exact) mass is 281 g/mol. The number of para-hydroxylation sites is 1. The van der Waals surface area contributed by atoms with Gasteiger partial charge in [0, 0.05) is 18.2 Å². The standard InChI is InChI=1S/C19H23NO/c1-14-6-3-8-16(12-14)13-20-18-10-5-11-21-19-15(2)7-4-9-17(18)19/h3-4,6-9,12,18,20H,5,10-11,13H2,1-2H3. The number of hydrogen-bond acceptors (Lipinski definition) is 2. The summed E-state index contributed by atoms with van der Waals surface area (Å²) in [5.41, 5.74) is 5.20. The molecule has 0 bridgehead atoms. The zero-order valence-electron chi connectivity index (χ0n) is 12.9. The molecule has 1 aliphatic heterocycles. The van der Waals surface area contributed by atoms with Crippen molar-refractivity contribution in [3.63, 3.8) is 0 Å². The zero-order valence-corrected chi connectivity index (χ0v) is 12.9. The Morgan fingerprint density at radius 1 is 1.14 bits per heavy atom. The van der Waals surface area contributed by atoms with Gasteiger partial charge in [-0.2, -0.15) is 0 Å². The Bertz CT molecular complexity index is 621. The van der Waals surface area contributed by atoms with E-state index >= 15 is 0 Å². The van der Waals surface area contributed by atoms with Crippen LogP contribution in [0.25, 0.3) is 0 Å². The number of ether oxygens (including phenoxy) is 1. The third-order valence-corrected chi connectivity index (χ3v) is 4.14. The van der Waals surface area contributed by atoms with Gasteiger partial charge in [0.15, 0.2) is 0 Å². The quantitative estimate of drug-likeness (QED) is 0.905. The van der Waals surface area contributed by atoms with E-state index in [1.807, 2.05) is 0 Å². The molecule has 1 aliphatic rings. The van der Waals surface area contributed by atoms with E-state index in [-0.39, 0.29) is 0 Å². The molecule has 0 radical (unpaired) electrons. The largest absolute Gasteiger partial charge is 0.493 e. The van der Waals surface area contributed by atoms with Gasteiger partial charge >= 0.3 is 0 Å². The van der Waals surface area contributed by atoms with Crippen molar-refractivity contribution in [3.8, 4) is 5.75 Å². The third kappa shape index (κ3) is 3.27. The average molecular weight is 281 g/mol. The molecule has 0 spiro atoms. The second-order valence-corrected chi connectivity index (χ2v) is 5.91. The van der Waals surface area contributed by atoms with Gasteiger partial charge in [0.05, 0.1) is 6.61 Å². The topological polar surface area (TPSA) is 21.3 Å². The minimum atomic E-state index is 0.378. The third-order valence-electron chi connectivity index (χ3n) is 4.14. The molecule has 110 valence electrons. The van der Waals surface area contributed by atoms with Crippen LogP contribution in [-0.4, -0.2) is 6.61 Å². The van der Waals surface area contributed by atoms with Crippen LogP contribution in [0.3, 0.4) is 0 Å². The normalized spacial score (nSPS) is 17.7. The number of benzene rings is 2. The minimum Gasteiger partial charge on any atom is -0.493 e. The molecule has 0 fully saturated rings. The highest BCUT2D eigenvalue weighted by atomic mass is 16.5. The van der Waals surface area contributed by atoms with Crippen molar-refractivity contribution in [1.29, 1.82) is 0 Å². The molecule has 1 unspecified atom stereocenters. The van der Waals surface area contributed by atoms with Gasteiger partial charge in [-0.05, 0) is 37.8 Å². The molecule has 2 aromatic carbocycles. The lowest BCUT2D eigenvalue weighted by Gasteiger charge is -2.19. The van der Waals surface area contributed by atoms with Crippen LogP contribution in [0, 0.1) is 13.8 Å². The van der Waals surface area contributed by atoms with Crippen molar-refractivity contribution in [2.75, 3.05) is 6.61 Å². The lowest BCUT2D eigenvalue weighted by atomic mass is 9.99. The molecule has 1 N–H and O–H groups in total. The van der Waals surface area contributed by atoms with Crippen LogP contribution >= 0.6 is 0 Å². The first-order chi connectivity index (χ1) is 10.2. The summed E-state index contributed by atoms with van der Waals surface area (Å²) in [6.45, 7) is 5.99. The van der Waals surface area contributed by atoms with Crippen LogP contribution in [0.2, 0.25) is 0 Å². The molecule has 21 heavy (non-hydrogen) atoms. The number of nitrogens with one attached hydrogen (secondary N) is 1. The van der Waals surface area contributed by atoms with Gasteiger partial charge in [0.1, 0.15) is 5.75 Å². The van der Waals surface area contributed by atoms with E-state index in [4.69, 9.17) is 4.74 Å². The fraction of sp³-hybridized carbons (Fsp3) is 0.368. The van der Waals surface area contributed by atoms with E-state index in [2.05, 4.69) is 61.6 Å². The molecule has 0 aliphatic carbocycles. The van der Waals surface area contributed by atoms with Crippen LogP contribution < -0.4 is 10.1 Å². The van der Waals surface area contributed by atoms with Gasteiger partial charge in [-0.25, -0.2) is 0 Å². The Hall–Kier alpha value is -1.80. The van der Waals surface area contributed by atoms with Gasteiger partial charge < -0.3 is 10.1 Å². The Morgan fingerprint density at radius 2 is 2.00 bits per heavy atom. The Morgan fingerprint density at radius 3 is 2.86 bits per heavy atom. The molecule has 0 amide bonds. The van der Waals surface area contributed by atoms with Crippen molar-refractivity contribution in [2.45, 2.75) is 39.3 Å². The molecular weight excluding hydrogens is 258 g/mol. The number of rotatable bonds is 3. The Labute approximate surface area is 127 Å². The van der Waals surface area contributed by atoms with Crippen LogP contribution in [0.5, 0.6) is 5.75 Å². The molecule has 2 aromatic rings. The average Bonchev–Trinajstić information content (AvgIpc) is 2.69. The van der Waals surface area contributed by atoms with Crippen LogP contribution in [0.15, 0.2) is 42.5 Å². The van der Waals surface area contributed by atoms with Gasteiger partial charge in [0.25, 0.3) is 0 Å². The second kappa shape index (κ2) is 6.31. The molecule has 0 aromatic heterocycles. The number of fused-ring (bicyclic) bond motifs is 1. The predicted octanol–water partition coefficient (Wildman–Crippen LogP) is 4.31. The number of hydrogen-bond donors (Lipinski definition) is 1. The van der Waals surface area contributed by atoms with Gasteiger partial charge in [-0.15, -0.1) is 0 Å². The van der Waals surface area contributed by atoms with E-state index < -0.39 is 0 Å². The molecule has 1 atom stereocenters. The van der Waals surface area contributed by atoms with E-state index in [1.54, 1.807) is 0 Å². The highest BCUT2D eigenvalue weighted by Gasteiger charge is 2.20. The SMILES string of the molecule is Cc1cccc(CNC2CCCOc3c(C)cccc32)c1. The zero-order chi connectivity index (χ0) is 14.7. The van der Waals surface area contributed by atoms with Crippen LogP contribution in [0.4, 0.5) is 0 Å². The van der Waals surface area contributed by atoms with E-state index in [1.165, 1.54) is 22.3 Å². The predicted molar refractivity (Wildman–Crippen MR) is 86.7 cm³/mol. The maximum atomic E-state index is 5.94. The summed E-state index contributed by atoms with van der Waals surface area (Å²) in [7, 11) is 0.